The lowest BCUT2D eigenvalue weighted by Gasteiger charge is -2.04. The van der Waals surface area contributed by atoms with Gasteiger partial charge in [-0.05, 0) is 56.7 Å². The van der Waals surface area contributed by atoms with Gasteiger partial charge in [0, 0.05) is 0 Å². The van der Waals surface area contributed by atoms with Gasteiger partial charge in [0.2, 0.25) is 0 Å². The summed E-state index contributed by atoms with van der Waals surface area (Å²) >= 11 is 0. The van der Waals surface area contributed by atoms with Crippen LogP contribution >= 0.6 is 0 Å². The number of carbonyl (C=O) groups excluding carboxylic acids is 1. The summed E-state index contributed by atoms with van der Waals surface area (Å²) in [6.45, 7) is 5.38. The number of furan rings is 1. The van der Waals surface area contributed by atoms with Crippen molar-refractivity contribution in [2.75, 3.05) is 7.11 Å². The van der Waals surface area contributed by atoms with Crippen LogP contribution in [0.25, 0.3) is 0 Å². The molecule has 5 heteroatoms. The van der Waals surface area contributed by atoms with Crippen molar-refractivity contribution >= 4 is 11.6 Å². The van der Waals surface area contributed by atoms with Crippen molar-refractivity contribution < 1.29 is 13.9 Å². The Balaban J connectivity index is 2.08. The lowest BCUT2D eigenvalue weighted by Crippen LogP contribution is -2.19. The Hall–Kier alpha value is -2.56. The van der Waals surface area contributed by atoms with E-state index in [1.54, 1.807) is 27.0 Å². The first-order valence-electron chi connectivity index (χ1n) is 6.57. The molecule has 1 aromatic carbocycles. The van der Waals surface area contributed by atoms with Crippen LogP contribution in [0.3, 0.4) is 0 Å². The molecule has 110 valence electrons. The quantitative estimate of drug-likeness (QED) is 0.694. The number of hydrazone groups is 1. The summed E-state index contributed by atoms with van der Waals surface area (Å²) in [6.07, 6.45) is 0. The van der Waals surface area contributed by atoms with Gasteiger partial charge in [0.15, 0.2) is 0 Å². The highest BCUT2D eigenvalue weighted by Crippen LogP contribution is 2.14. The van der Waals surface area contributed by atoms with Crippen LogP contribution in [0.1, 0.15) is 34.4 Å². The van der Waals surface area contributed by atoms with E-state index in [4.69, 9.17) is 9.15 Å². The van der Waals surface area contributed by atoms with Gasteiger partial charge in [-0.2, -0.15) is 5.10 Å². The van der Waals surface area contributed by atoms with Gasteiger partial charge in [0.25, 0.3) is 5.91 Å². The molecule has 0 aliphatic rings. The number of amides is 1. The summed E-state index contributed by atoms with van der Waals surface area (Å²) in [5.41, 5.74) is 4.66. The topological polar surface area (TPSA) is 63.8 Å². The molecule has 2 aromatic rings. The SMILES string of the molecule is COc1ccc(/C(C)=N/NC(=O)c2cc(C)oc2C)cc1. The molecule has 0 radical (unpaired) electrons. The summed E-state index contributed by atoms with van der Waals surface area (Å²) in [6, 6.07) is 9.16. The molecule has 5 nitrogen and oxygen atoms in total. The third-order valence-electron chi connectivity index (χ3n) is 3.12. The minimum atomic E-state index is -0.280. The van der Waals surface area contributed by atoms with Crippen LogP contribution in [-0.2, 0) is 0 Å². The predicted octanol–water partition coefficient (Wildman–Crippen LogP) is 3.06. The molecule has 0 aliphatic carbocycles. The molecule has 0 unspecified atom stereocenters. The summed E-state index contributed by atoms with van der Waals surface area (Å²) < 4.78 is 10.4. The normalized spacial score (nSPS) is 11.3. The van der Waals surface area contributed by atoms with E-state index in [0.29, 0.717) is 22.8 Å². The zero-order valence-electron chi connectivity index (χ0n) is 12.6. The minimum Gasteiger partial charge on any atom is -0.497 e. The Kier molecular flexibility index (Phi) is 4.42. The zero-order valence-corrected chi connectivity index (χ0v) is 12.6. The van der Waals surface area contributed by atoms with Crippen molar-refractivity contribution in [3.63, 3.8) is 0 Å². The highest BCUT2D eigenvalue weighted by atomic mass is 16.5. The van der Waals surface area contributed by atoms with Gasteiger partial charge in [0.05, 0.1) is 18.4 Å². The molecule has 1 amide bonds. The maximum Gasteiger partial charge on any atom is 0.274 e. The van der Waals surface area contributed by atoms with Crippen molar-refractivity contribution in [2.45, 2.75) is 20.8 Å². The second kappa shape index (κ2) is 6.26. The Morgan fingerprint density at radius 2 is 1.90 bits per heavy atom. The molecule has 0 atom stereocenters. The number of hydrogen-bond donors (Lipinski definition) is 1. The summed E-state index contributed by atoms with van der Waals surface area (Å²) in [5.74, 6) is 1.79. The molecular formula is C16H18N2O3. The fraction of sp³-hybridized carbons (Fsp3) is 0.250. The molecule has 0 spiro atoms. The summed E-state index contributed by atoms with van der Waals surface area (Å²) in [5, 5.41) is 4.11. The van der Waals surface area contributed by atoms with Gasteiger partial charge in [0.1, 0.15) is 17.3 Å². The molecule has 21 heavy (non-hydrogen) atoms. The maximum atomic E-state index is 12.0. The van der Waals surface area contributed by atoms with Crippen LogP contribution in [0.5, 0.6) is 5.75 Å². The fourth-order valence-electron chi connectivity index (χ4n) is 1.95. The molecule has 0 fully saturated rings. The number of nitrogens with one attached hydrogen (secondary N) is 1. The number of ether oxygens (including phenoxy) is 1. The average Bonchev–Trinajstić information content (AvgIpc) is 2.83. The lowest BCUT2D eigenvalue weighted by molar-refractivity contribution is 0.0953. The molecule has 0 saturated heterocycles. The van der Waals surface area contributed by atoms with Gasteiger partial charge in [-0.3, -0.25) is 4.79 Å². The number of methoxy groups -OCH3 is 1. The van der Waals surface area contributed by atoms with Crippen LogP contribution in [-0.4, -0.2) is 18.7 Å². The van der Waals surface area contributed by atoms with Gasteiger partial charge in [-0.1, -0.05) is 0 Å². The van der Waals surface area contributed by atoms with Gasteiger partial charge in [-0.15, -0.1) is 0 Å². The van der Waals surface area contributed by atoms with E-state index in [0.717, 1.165) is 11.3 Å². The Bertz CT molecular complexity index is 669. The van der Waals surface area contributed by atoms with Gasteiger partial charge in [-0.25, -0.2) is 5.43 Å². The third-order valence-corrected chi connectivity index (χ3v) is 3.12. The van der Waals surface area contributed by atoms with Crippen molar-refractivity contribution in [1.29, 1.82) is 0 Å². The second-order valence-corrected chi connectivity index (χ2v) is 4.69. The first-order chi connectivity index (χ1) is 10.0. The average molecular weight is 286 g/mol. The number of nitrogens with zero attached hydrogens (tertiary/aromatic N) is 1. The fourth-order valence-corrected chi connectivity index (χ4v) is 1.95. The number of rotatable bonds is 4. The number of hydrogen-bond acceptors (Lipinski definition) is 4. The lowest BCUT2D eigenvalue weighted by atomic mass is 10.1. The first kappa shape index (κ1) is 14.8. The van der Waals surface area contributed by atoms with Gasteiger partial charge >= 0.3 is 0 Å². The number of aryl methyl sites for hydroxylation is 2. The molecule has 0 saturated carbocycles. The number of benzene rings is 1. The minimum absolute atomic E-state index is 0.280. The predicted molar refractivity (Wildman–Crippen MR) is 80.9 cm³/mol. The molecule has 1 heterocycles. The highest BCUT2D eigenvalue weighted by Gasteiger charge is 2.12. The largest absolute Gasteiger partial charge is 0.497 e. The van der Waals surface area contributed by atoms with E-state index >= 15 is 0 Å². The van der Waals surface area contributed by atoms with Gasteiger partial charge < -0.3 is 9.15 Å². The standard InChI is InChI=1S/C16H18N2O3/c1-10-9-15(12(3)21-10)16(19)18-17-11(2)13-5-7-14(20-4)8-6-13/h5-9H,1-4H3,(H,18,19)/b17-11+. The number of carbonyl (C=O) groups is 1. The van der Waals surface area contributed by atoms with E-state index in [1.165, 1.54) is 0 Å². The molecular weight excluding hydrogens is 268 g/mol. The smallest absolute Gasteiger partial charge is 0.274 e. The molecule has 1 aromatic heterocycles. The Morgan fingerprint density at radius 1 is 1.24 bits per heavy atom. The highest BCUT2D eigenvalue weighted by molar-refractivity contribution is 6.01. The van der Waals surface area contributed by atoms with E-state index in [2.05, 4.69) is 10.5 Å². The van der Waals surface area contributed by atoms with Crippen LogP contribution in [0.2, 0.25) is 0 Å². The second-order valence-electron chi connectivity index (χ2n) is 4.69. The zero-order chi connectivity index (χ0) is 15.4. The molecule has 0 bridgehead atoms. The van der Waals surface area contributed by atoms with E-state index in [1.807, 2.05) is 31.2 Å². The van der Waals surface area contributed by atoms with Crippen molar-refractivity contribution in [2.24, 2.45) is 5.10 Å². The first-order valence-corrected chi connectivity index (χ1v) is 6.57. The van der Waals surface area contributed by atoms with Crippen LogP contribution in [0.15, 0.2) is 39.9 Å². The van der Waals surface area contributed by atoms with Crippen LogP contribution in [0, 0.1) is 13.8 Å². The van der Waals surface area contributed by atoms with Crippen molar-refractivity contribution in [3.05, 3.63) is 53.0 Å². The summed E-state index contributed by atoms with van der Waals surface area (Å²) in [7, 11) is 1.62. The molecule has 2 rings (SSSR count). The summed E-state index contributed by atoms with van der Waals surface area (Å²) in [4.78, 5) is 12.0. The van der Waals surface area contributed by atoms with Crippen LogP contribution < -0.4 is 10.2 Å². The molecule has 0 aliphatic heterocycles. The Morgan fingerprint density at radius 3 is 2.43 bits per heavy atom. The maximum absolute atomic E-state index is 12.0. The Labute approximate surface area is 123 Å². The van der Waals surface area contributed by atoms with E-state index in [-0.39, 0.29) is 5.91 Å². The monoisotopic (exact) mass is 286 g/mol. The van der Waals surface area contributed by atoms with Crippen molar-refractivity contribution in [3.8, 4) is 5.75 Å². The van der Waals surface area contributed by atoms with E-state index in [9.17, 15) is 4.79 Å². The van der Waals surface area contributed by atoms with Crippen LogP contribution in [0.4, 0.5) is 0 Å². The van der Waals surface area contributed by atoms with Crippen molar-refractivity contribution in [1.82, 2.24) is 5.43 Å². The third kappa shape index (κ3) is 3.51. The molecule has 1 N–H and O–H groups in total. The van der Waals surface area contributed by atoms with E-state index < -0.39 is 0 Å².